The van der Waals surface area contributed by atoms with Gasteiger partial charge in [-0.1, -0.05) is 29.8 Å². The average molecular weight is 521 g/mol. The first kappa shape index (κ1) is 23.9. The maximum atomic E-state index is 15.1. The zero-order valence-corrected chi connectivity index (χ0v) is 20.2. The van der Waals surface area contributed by atoms with Crippen molar-refractivity contribution in [2.75, 3.05) is 11.4 Å². The highest BCUT2D eigenvalue weighted by molar-refractivity contribution is 7.89. The van der Waals surface area contributed by atoms with Crippen molar-refractivity contribution in [1.82, 2.24) is 9.71 Å². The average Bonchev–Trinajstić information content (AvgIpc) is 3.22. The molecule has 0 unspecified atom stereocenters. The summed E-state index contributed by atoms with van der Waals surface area (Å²) >= 11 is 5.99. The van der Waals surface area contributed by atoms with Crippen LogP contribution in [0.5, 0.6) is 0 Å². The lowest BCUT2D eigenvalue weighted by Gasteiger charge is -2.19. The van der Waals surface area contributed by atoms with Crippen LogP contribution in [0.1, 0.15) is 12.1 Å². The first-order chi connectivity index (χ1) is 17.3. The fourth-order valence-corrected chi connectivity index (χ4v) is 5.71. The fourth-order valence-electron chi connectivity index (χ4n) is 4.27. The number of halogens is 2. The lowest BCUT2D eigenvalue weighted by molar-refractivity contribution is -0.118. The van der Waals surface area contributed by atoms with Crippen LogP contribution in [0.3, 0.4) is 0 Å². The van der Waals surface area contributed by atoms with Gasteiger partial charge in [-0.2, -0.15) is 9.98 Å². The van der Waals surface area contributed by atoms with Crippen molar-refractivity contribution in [3.8, 4) is 17.2 Å². The van der Waals surface area contributed by atoms with E-state index in [9.17, 15) is 18.5 Å². The minimum Gasteiger partial charge on any atom is -0.308 e. The molecule has 36 heavy (non-hydrogen) atoms. The second kappa shape index (κ2) is 9.32. The predicted molar refractivity (Wildman–Crippen MR) is 134 cm³/mol. The molecule has 1 saturated heterocycles. The molecular formula is C26H18ClFN4O3S. The summed E-state index contributed by atoms with van der Waals surface area (Å²) in [6, 6.07) is 18.3. The number of benzene rings is 3. The number of hydrogen-bond donors (Lipinski definition) is 1. The summed E-state index contributed by atoms with van der Waals surface area (Å²) in [4.78, 5) is 18.3. The van der Waals surface area contributed by atoms with Gasteiger partial charge in [-0.25, -0.2) is 17.8 Å². The molecule has 10 heteroatoms. The van der Waals surface area contributed by atoms with Crippen molar-refractivity contribution in [3.63, 3.8) is 0 Å². The maximum Gasteiger partial charge on any atom is 0.245 e. The molecule has 1 fully saturated rings. The molecule has 180 valence electrons. The zero-order chi connectivity index (χ0) is 25.4. The van der Waals surface area contributed by atoms with Gasteiger partial charge in [-0.05, 0) is 71.3 Å². The van der Waals surface area contributed by atoms with E-state index in [0.29, 0.717) is 21.5 Å². The Hall–Kier alpha value is -3.84. The van der Waals surface area contributed by atoms with Crippen LogP contribution in [0.2, 0.25) is 5.02 Å². The van der Waals surface area contributed by atoms with E-state index >= 15 is 4.39 Å². The summed E-state index contributed by atoms with van der Waals surface area (Å²) in [7, 11) is -4.01. The van der Waals surface area contributed by atoms with E-state index in [2.05, 4.69) is 9.71 Å². The van der Waals surface area contributed by atoms with Gasteiger partial charge < -0.3 is 4.90 Å². The van der Waals surface area contributed by atoms with Crippen LogP contribution in [0.15, 0.2) is 77.8 Å². The minimum absolute atomic E-state index is 0.0175. The van der Waals surface area contributed by atoms with Gasteiger partial charge >= 0.3 is 0 Å². The Balaban J connectivity index is 1.36. The van der Waals surface area contributed by atoms with Gasteiger partial charge in [0.25, 0.3) is 0 Å². The molecule has 1 amide bonds. The highest BCUT2D eigenvalue weighted by atomic mass is 35.5. The Morgan fingerprint density at radius 1 is 1.08 bits per heavy atom. The van der Waals surface area contributed by atoms with Gasteiger partial charge in [0.15, 0.2) is 0 Å². The van der Waals surface area contributed by atoms with E-state index in [1.807, 2.05) is 6.07 Å². The van der Waals surface area contributed by atoms with Crippen LogP contribution < -0.4 is 9.62 Å². The lowest BCUT2D eigenvalue weighted by atomic mass is 10.0. The van der Waals surface area contributed by atoms with Crippen LogP contribution in [0.4, 0.5) is 10.1 Å². The summed E-state index contributed by atoms with van der Waals surface area (Å²) < 4.78 is 43.5. The molecule has 1 aliphatic heterocycles. The number of nitriles is 1. The lowest BCUT2D eigenvalue weighted by Crippen LogP contribution is -2.41. The van der Waals surface area contributed by atoms with Gasteiger partial charge in [0, 0.05) is 23.3 Å². The standard InChI is InChI=1S/C26H18ClFN4O3S/c27-19-6-3-17-13-20(7-4-16(17)12-19)36(34,35)31-23-9-11-32(26(23)33)25-8-5-18(14-22(25)28)21-2-1-10-30-24(21)15-29/h1-8,10,12-14,23,31H,9,11H2/t23-/m0/s1. The number of amides is 1. The maximum absolute atomic E-state index is 15.1. The SMILES string of the molecule is N#Cc1ncccc1-c1ccc(N2CC[C@H](NS(=O)(=O)c3ccc4cc(Cl)ccc4c3)C2=O)c(F)c1. The molecule has 7 nitrogen and oxygen atoms in total. The molecule has 0 saturated carbocycles. The van der Waals surface area contributed by atoms with Crippen LogP contribution in [0.25, 0.3) is 21.9 Å². The summed E-state index contributed by atoms with van der Waals surface area (Å²) in [5.41, 5.74) is 1.12. The van der Waals surface area contributed by atoms with E-state index < -0.39 is 27.8 Å². The third-order valence-electron chi connectivity index (χ3n) is 6.05. The van der Waals surface area contributed by atoms with Crippen LogP contribution in [0, 0.1) is 17.1 Å². The van der Waals surface area contributed by atoms with Crippen LogP contribution in [-0.2, 0) is 14.8 Å². The molecule has 2 heterocycles. The normalized spacial score (nSPS) is 15.9. The van der Waals surface area contributed by atoms with Crippen molar-refractivity contribution in [2.45, 2.75) is 17.4 Å². The van der Waals surface area contributed by atoms with Crippen molar-refractivity contribution < 1.29 is 17.6 Å². The smallest absolute Gasteiger partial charge is 0.245 e. The number of fused-ring (bicyclic) bond motifs is 1. The number of nitrogens with one attached hydrogen (secondary N) is 1. The Morgan fingerprint density at radius 3 is 2.64 bits per heavy atom. The second-order valence-electron chi connectivity index (χ2n) is 8.28. The summed E-state index contributed by atoms with van der Waals surface area (Å²) in [5, 5.41) is 11.3. The minimum atomic E-state index is -4.01. The number of hydrogen-bond acceptors (Lipinski definition) is 5. The topological polar surface area (TPSA) is 103 Å². The number of anilines is 1. The Labute approximate surface area is 211 Å². The van der Waals surface area contributed by atoms with Crippen LogP contribution in [-0.4, -0.2) is 31.9 Å². The van der Waals surface area contributed by atoms with Crippen molar-refractivity contribution in [2.24, 2.45) is 0 Å². The molecule has 0 radical (unpaired) electrons. The highest BCUT2D eigenvalue weighted by Gasteiger charge is 2.36. The number of carbonyl (C=O) groups excluding carboxylic acids is 1. The van der Waals surface area contributed by atoms with Gasteiger partial charge in [0.2, 0.25) is 15.9 Å². The second-order valence-corrected chi connectivity index (χ2v) is 10.4. The Bertz CT molecular complexity index is 1670. The monoisotopic (exact) mass is 520 g/mol. The first-order valence-electron chi connectivity index (χ1n) is 10.9. The van der Waals surface area contributed by atoms with Crippen molar-refractivity contribution in [3.05, 3.63) is 89.5 Å². The van der Waals surface area contributed by atoms with Crippen molar-refractivity contribution in [1.29, 1.82) is 5.26 Å². The molecular weight excluding hydrogens is 503 g/mol. The number of sulfonamides is 1. The summed E-state index contributed by atoms with van der Waals surface area (Å²) in [6.45, 7) is 0.148. The number of pyridine rings is 1. The van der Waals surface area contributed by atoms with E-state index in [-0.39, 0.29) is 29.2 Å². The zero-order valence-electron chi connectivity index (χ0n) is 18.7. The molecule has 3 aromatic carbocycles. The predicted octanol–water partition coefficient (Wildman–Crippen LogP) is 4.65. The largest absolute Gasteiger partial charge is 0.308 e. The van der Waals surface area contributed by atoms with E-state index in [1.54, 1.807) is 42.5 Å². The third-order valence-corrected chi connectivity index (χ3v) is 7.75. The molecule has 0 aliphatic carbocycles. The Morgan fingerprint density at radius 2 is 1.86 bits per heavy atom. The van der Waals surface area contributed by atoms with E-state index in [1.165, 1.54) is 35.4 Å². The number of aromatic nitrogens is 1. The molecule has 5 rings (SSSR count). The van der Waals surface area contributed by atoms with E-state index in [4.69, 9.17) is 11.6 Å². The summed E-state index contributed by atoms with van der Waals surface area (Å²) in [6.07, 6.45) is 1.66. The quantitative estimate of drug-likeness (QED) is 0.412. The number of rotatable bonds is 5. The number of carbonyl (C=O) groups is 1. The van der Waals surface area contributed by atoms with E-state index in [0.717, 1.165) is 5.39 Å². The molecule has 1 atom stereocenters. The van der Waals surface area contributed by atoms with Gasteiger partial charge in [-0.15, -0.1) is 0 Å². The summed E-state index contributed by atoms with van der Waals surface area (Å²) in [5.74, 6) is -1.21. The fraction of sp³-hybridized carbons (Fsp3) is 0.115. The molecule has 1 aliphatic rings. The first-order valence-corrected chi connectivity index (χ1v) is 12.8. The number of nitrogens with zero attached hydrogens (tertiary/aromatic N) is 3. The molecule has 0 bridgehead atoms. The van der Waals surface area contributed by atoms with Gasteiger partial charge in [0.1, 0.15) is 23.6 Å². The molecule has 1 N–H and O–H groups in total. The molecule has 0 spiro atoms. The molecule has 1 aromatic heterocycles. The van der Waals surface area contributed by atoms with Crippen molar-refractivity contribution >= 4 is 44.0 Å². The third kappa shape index (κ3) is 4.42. The van der Waals surface area contributed by atoms with Gasteiger partial charge in [-0.3, -0.25) is 4.79 Å². The van der Waals surface area contributed by atoms with Crippen LogP contribution >= 0.6 is 11.6 Å². The van der Waals surface area contributed by atoms with Gasteiger partial charge in [0.05, 0.1) is 10.6 Å². The highest BCUT2D eigenvalue weighted by Crippen LogP contribution is 2.31. The molecule has 4 aromatic rings. The Kier molecular flexibility index (Phi) is 6.18.